The predicted molar refractivity (Wildman–Crippen MR) is 105 cm³/mol. The van der Waals surface area contributed by atoms with Crippen LogP contribution in [-0.2, 0) is 9.59 Å². The number of hydrogen-bond acceptors (Lipinski definition) is 5. The van der Waals surface area contributed by atoms with E-state index < -0.39 is 5.25 Å². The molecule has 2 aliphatic heterocycles. The minimum atomic E-state index is -0.409. The molecule has 0 bridgehead atoms. The van der Waals surface area contributed by atoms with Gasteiger partial charge in [0.1, 0.15) is 5.76 Å². The molecular weight excluding hydrogens is 362 g/mol. The maximum absolute atomic E-state index is 12.5. The van der Waals surface area contributed by atoms with E-state index in [4.69, 9.17) is 4.42 Å². The molecule has 0 radical (unpaired) electrons. The summed E-state index contributed by atoms with van der Waals surface area (Å²) in [6.45, 7) is 2.51. The Kier molecular flexibility index (Phi) is 5.50. The van der Waals surface area contributed by atoms with E-state index in [0.29, 0.717) is 6.54 Å². The monoisotopic (exact) mass is 385 g/mol. The molecule has 2 atom stereocenters. The second-order valence-electron chi connectivity index (χ2n) is 6.87. The first kappa shape index (κ1) is 18.1. The van der Waals surface area contributed by atoms with E-state index in [1.165, 1.54) is 24.6 Å². The molecule has 2 aliphatic rings. The highest BCUT2D eigenvalue weighted by Gasteiger charge is 2.30. The Morgan fingerprint density at radius 2 is 2.07 bits per heavy atom. The third-order valence-electron chi connectivity index (χ3n) is 5.02. The van der Waals surface area contributed by atoms with Gasteiger partial charge in [-0.2, -0.15) is 0 Å². The lowest BCUT2D eigenvalue weighted by Crippen LogP contribution is -2.39. The lowest BCUT2D eigenvalue weighted by atomic mass is 10.2. The third kappa shape index (κ3) is 4.20. The molecular formula is C20H23N3O3S. The Morgan fingerprint density at radius 1 is 1.26 bits per heavy atom. The van der Waals surface area contributed by atoms with Gasteiger partial charge in [0, 0.05) is 17.9 Å². The molecule has 2 aromatic rings. The van der Waals surface area contributed by atoms with Crippen molar-refractivity contribution >= 4 is 29.3 Å². The van der Waals surface area contributed by atoms with Crippen LogP contribution < -0.4 is 10.6 Å². The summed E-state index contributed by atoms with van der Waals surface area (Å²) >= 11 is 1.45. The van der Waals surface area contributed by atoms with Crippen molar-refractivity contribution < 1.29 is 14.0 Å². The van der Waals surface area contributed by atoms with Crippen LogP contribution >= 0.6 is 11.8 Å². The van der Waals surface area contributed by atoms with Crippen molar-refractivity contribution in [2.45, 2.75) is 35.4 Å². The van der Waals surface area contributed by atoms with Crippen LogP contribution in [0.4, 0.5) is 5.69 Å². The molecule has 142 valence electrons. The highest BCUT2D eigenvalue weighted by molar-refractivity contribution is 8.01. The lowest BCUT2D eigenvalue weighted by molar-refractivity contribution is -0.124. The number of amides is 2. The van der Waals surface area contributed by atoms with E-state index in [9.17, 15) is 9.59 Å². The number of carbonyl (C=O) groups is 2. The van der Waals surface area contributed by atoms with E-state index in [2.05, 4.69) is 15.5 Å². The number of carbonyl (C=O) groups excluding carboxylic acids is 2. The standard InChI is InChI=1S/C20H23N3O3S/c24-19(12-18-20(25)22-14-6-1-2-8-17(14)27-18)21-13-15(16-7-5-11-26-16)23-9-3-4-10-23/h1-2,5-8,11,15,18H,3-4,9-10,12-13H2,(H,21,24)(H,22,25). The van der Waals surface area contributed by atoms with Gasteiger partial charge in [-0.1, -0.05) is 12.1 Å². The molecule has 4 rings (SSSR count). The number of thioether (sulfide) groups is 1. The first-order valence-electron chi connectivity index (χ1n) is 9.31. The highest BCUT2D eigenvalue weighted by Crippen LogP contribution is 2.36. The van der Waals surface area contributed by atoms with Crippen molar-refractivity contribution in [2.24, 2.45) is 0 Å². The average Bonchev–Trinajstić information content (AvgIpc) is 3.37. The fourth-order valence-corrected chi connectivity index (χ4v) is 4.73. The average molecular weight is 385 g/mol. The summed E-state index contributed by atoms with van der Waals surface area (Å²) in [7, 11) is 0. The molecule has 27 heavy (non-hydrogen) atoms. The number of nitrogens with one attached hydrogen (secondary N) is 2. The van der Waals surface area contributed by atoms with Crippen molar-refractivity contribution in [3.05, 3.63) is 48.4 Å². The number of hydrogen-bond donors (Lipinski definition) is 2. The summed E-state index contributed by atoms with van der Waals surface area (Å²) in [5.41, 5.74) is 0.816. The highest BCUT2D eigenvalue weighted by atomic mass is 32.2. The first-order chi connectivity index (χ1) is 13.2. The van der Waals surface area contributed by atoms with Crippen LogP contribution in [0.3, 0.4) is 0 Å². The van der Waals surface area contributed by atoms with Gasteiger partial charge in [0.05, 0.1) is 23.2 Å². The predicted octanol–water partition coefficient (Wildman–Crippen LogP) is 3.04. The van der Waals surface area contributed by atoms with Gasteiger partial charge in [-0.3, -0.25) is 14.5 Å². The Balaban J connectivity index is 1.35. The molecule has 6 nitrogen and oxygen atoms in total. The van der Waals surface area contributed by atoms with Crippen LogP contribution in [0.1, 0.15) is 31.1 Å². The fourth-order valence-electron chi connectivity index (χ4n) is 3.62. The Bertz CT molecular complexity index is 803. The summed E-state index contributed by atoms with van der Waals surface area (Å²) in [4.78, 5) is 28.1. The number of benzene rings is 1. The smallest absolute Gasteiger partial charge is 0.238 e. The molecule has 7 heteroatoms. The largest absolute Gasteiger partial charge is 0.468 e. The summed E-state index contributed by atoms with van der Waals surface area (Å²) in [6.07, 6.45) is 4.17. The molecule has 2 N–H and O–H groups in total. The van der Waals surface area contributed by atoms with Crippen molar-refractivity contribution in [3.63, 3.8) is 0 Å². The van der Waals surface area contributed by atoms with Gasteiger partial charge in [-0.25, -0.2) is 0 Å². The van der Waals surface area contributed by atoms with Crippen LogP contribution in [0.2, 0.25) is 0 Å². The van der Waals surface area contributed by atoms with E-state index in [-0.39, 0.29) is 24.3 Å². The molecule has 0 saturated carbocycles. The summed E-state index contributed by atoms with van der Waals surface area (Å²) < 4.78 is 5.59. The number of fused-ring (bicyclic) bond motifs is 1. The minimum absolute atomic E-state index is 0.0417. The van der Waals surface area contributed by atoms with Crippen molar-refractivity contribution in [1.82, 2.24) is 10.2 Å². The summed E-state index contributed by atoms with van der Waals surface area (Å²) in [6, 6.07) is 11.5. The third-order valence-corrected chi connectivity index (χ3v) is 6.30. The lowest BCUT2D eigenvalue weighted by Gasteiger charge is -2.27. The van der Waals surface area contributed by atoms with Crippen LogP contribution in [0.25, 0.3) is 0 Å². The van der Waals surface area contributed by atoms with Gasteiger partial charge in [0.15, 0.2) is 0 Å². The quantitative estimate of drug-likeness (QED) is 0.800. The number of nitrogens with zero attached hydrogens (tertiary/aromatic N) is 1. The zero-order valence-corrected chi connectivity index (χ0v) is 15.8. The number of anilines is 1. The Hall–Kier alpha value is -2.25. The Labute approximate surface area is 162 Å². The fraction of sp³-hybridized carbons (Fsp3) is 0.400. The zero-order chi connectivity index (χ0) is 18.6. The molecule has 2 amide bonds. The first-order valence-corrected chi connectivity index (χ1v) is 10.2. The molecule has 1 aromatic carbocycles. The van der Waals surface area contributed by atoms with E-state index in [1.807, 2.05) is 36.4 Å². The maximum Gasteiger partial charge on any atom is 0.238 e. The van der Waals surface area contributed by atoms with Crippen molar-refractivity contribution in [1.29, 1.82) is 0 Å². The SMILES string of the molecule is O=C(CC1Sc2ccccc2NC1=O)NCC(c1ccco1)N1CCCC1. The van der Waals surface area contributed by atoms with Crippen molar-refractivity contribution in [3.8, 4) is 0 Å². The summed E-state index contributed by atoms with van der Waals surface area (Å²) in [5.74, 6) is 0.643. The molecule has 0 aliphatic carbocycles. The molecule has 1 aromatic heterocycles. The number of likely N-dealkylation sites (tertiary alicyclic amines) is 1. The van der Waals surface area contributed by atoms with Crippen LogP contribution in [0, 0.1) is 0 Å². The van der Waals surface area contributed by atoms with Gasteiger partial charge in [-0.05, 0) is 50.2 Å². The second-order valence-corrected chi connectivity index (χ2v) is 8.12. The minimum Gasteiger partial charge on any atom is -0.468 e. The number of furan rings is 1. The molecule has 2 unspecified atom stereocenters. The second kappa shape index (κ2) is 8.19. The van der Waals surface area contributed by atoms with E-state index in [0.717, 1.165) is 29.4 Å². The van der Waals surface area contributed by atoms with Crippen LogP contribution in [0.15, 0.2) is 52.0 Å². The number of para-hydroxylation sites is 1. The van der Waals surface area contributed by atoms with Gasteiger partial charge < -0.3 is 15.1 Å². The van der Waals surface area contributed by atoms with Gasteiger partial charge in [-0.15, -0.1) is 11.8 Å². The van der Waals surface area contributed by atoms with E-state index >= 15 is 0 Å². The van der Waals surface area contributed by atoms with Crippen LogP contribution in [0.5, 0.6) is 0 Å². The topological polar surface area (TPSA) is 74.6 Å². The van der Waals surface area contributed by atoms with Gasteiger partial charge in [0.25, 0.3) is 0 Å². The summed E-state index contributed by atoms with van der Waals surface area (Å²) in [5, 5.41) is 5.48. The molecule has 1 fully saturated rings. The molecule has 0 spiro atoms. The van der Waals surface area contributed by atoms with E-state index in [1.54, 1.807) is 6.26 Å². The van der Waals surface area contributed by atoms with Crippen molar-refractivity contribution in [2.75, 3.05) is 25.0 Å². The normalized spacial score (nSPS) is 20.7. The molecule has 3 heterocycles. The van der Waals surface area contributed by atoms with Crippen LogP contribution in [-0.4, -0.2) is 41.6 Å². The maximum atomic E-state index is 12.5. The number of rotatable bonds is 6. The Morgan fingerprint density at radius 3 is 2.85 bits per heavy atom. The molecule has 1 saturated heterocycles. The van der Waals surface area contributed by atoms with Gasteiger partial charge in [0.2, 0.25) is 11.8 Å². The van der Waals surface area contributed by atoms with Gasteiger partial charge >= 0.3 is 0 Å². The zero-order valence-electron chi connectivity index (χ0n) is 15.0.